The van der Waals surface area contributed by atoms with Crippen molar-refractivity contribution in [2.24, 2.45) is 36.4 Å². The molecular formula is C43H36N10O10S3. The van der Waals surface area contributed by atoms with Crippen LogP contribution in [-0.2, 0) is 26.8 Å². The molecule has 0 unspecified atom stereocenters. The Labute approximate surface area is 379 Å². The van der Waals surface area contributed by atoms with Crippen molar-refractivity contribution in [3.05, 3.63) is 119 Å². The van der Waals surface area contributed by atoms with E-state index in [4.69, 9.17) is 10.5 Å². The van der Waals surface area contributed by atoms with Crippen LogP contribution in [0, 0.1) is 13.8 Å². The highest BCUT2D eigenvalue weighted by Crippen LogP contribution is 2.44. The summed E-state index contributed by atoms with van der Waals surface area (Å²) in [5.74, 6) is -1.68. The Morgan fingerprint density at radius 2 is 1.59 bits per heavy atom. The van der Waals surface area contributed by atoms with E-state index in [1.165, 1.54) is 28.7 Å². The molecule has 1 amide bonds. The van der Waals surface area contributed by atoms with Crippen molar-refractivity contribution in [2.75, 3.05) is 12.4 Å². The molecule has 23 heteroatoms. The summed E-state index contributed by atoms with van der Waals surface area (Å²) in [6, 6.07) is 26.1. The van der Waals surface area contributed by atoms with E-state index in [2.05, 4.69) is 40.7 Å². The van der Waals surface area contributed by atoms with Gasteiger partial charge in [0.1, 0.15) is 27.7 Å². The molecule has 0 spiro atoms. The first kappa shape index (κ1) is 45.2. The van der Waals surface area contributed by atoms with E-state index in [-0.39, 0.29) is 86.2 Å². The highest BCUT2D eigenvalue weighted by atomic mass is 32.2. The predicted molar refractivity (Wildman–Crippen MR) is 245 cm³/mol. The number of para-hydroxylation sites is 2. The number of carbonyl (C=O) groups is 1. The molecule has 0 bridgehead atoms. The first-order valence-corrected chi connectivity index (χ1v) is 23.5. The topological polar surface area (TPSA) is 306 Å². The van der Waals surface area contributed by atoms with Crippen LogP contribution in [0.1, 0.15) is 33.5 Å². The molecule has 0 radical (unpaired) electrons. The largest absolute Gasteiger partial charge is 0.493 e. The highest BCUT2D eigenvalue weighted by Gasteiger charge is 2.24. The van der Waals surface area contributed by atoms with Crippen LogP contribution in [0.5, 0.6) is 11.6 Å². The number of ether oxygens (including phenoxy) is 1. The van der Waals surface area contributed by atoms with Gasteiger partial charge in [0, 0.05) is 17.0 Å². The van der Waals surface area contributed by atoms with E-state index >= 15 is 0 Å². The van der Waals surface area contributed by atoms with Gasteiger partial charge in [-0.05, 0) is 78.7 Å². The van der Waals surface area contributed by atoms with Crippen LogP contribution in [0.25, 0.3) is 38.7 Å². The van der Waals surface area contributed by atoms with Crippen molar-refractivity contribution in [1.82, 2.24) is 14.4 Å². The number of amides is 1. The van der Waals surface area contributed by atoms with Gasteiger partial charge in [0.25, 0.3) is 26.1 Å². The molecular weight excluding hydrogens is 913 g/mol. The van der Waals surface area contributed by atoms with Gasteiger partial charge in [-0.15, -0.1) is 30.7 Å². The van der Waals surface area contributed by atoms with Crippen LogP contribution in [0.3, 0.4) is 0 Å². The fourth-order valence-electron chi connectivity index (χ4n) is 6.96. The number of rotatable bonds is 15. The molecule has 0 atom stereocenters. The predicted octanol–water partition coefficient (Wildman–Crippen LogP) is 9.83. The molecule has 3 aromatic heterocycles. The molecule has 0 saturated heterocycles. The summed E-state index contributed by atoms with van der Waals surface area (Å²) in [6.07, 6.45) is -0.0915. The zero-order valence-corrected chi connectivity index (χ0v) is 37.1. The number of aromatic hydroxyl groups is 1. The van der Waals surface area contributed by atoms with Crippen molar-refractivity contribution >= 4 is 97.8 Å². The van der Waals surface area contributed by atoms with Crippen LogP contribution < -0.4 is 10.5 Å². The standard InChI is InChI=1S/C43H36N10O10S3/c1-23-19-32(49-50-37-24(2)36(39(44)55)40-45-30-8-3-4-9-33(30)53(40)42(37)56)34(63-17-6-18-65(57,58)59)21-31(23)48-52-43-46-38(27-13-11-25(22-54)12-14-27)41(64-43)51-47-28-16-15-26-7-5-10-35(29(26)20-28)66(60,61)62/h3-5,7-16,19-21,54,56H,6,17-18,22H2,1-2H3,(H2,44,55)(H,57,58,59)(H,60,61,62). The average Bonchev–Trinajstić information content (AvgIpc) is 3.87. The zero-order chi connectivity index (χ0) is 46.9. The van der Waals surface area contributed by atoms with Gasteiger partial charge in [0.05, 0.1) is 46.9 Å². The average molecular weight is 949 g/mol. The zero-order valence-electron chi connectivity index (χ0n) is 34.6. The van der Waals surface area contributed by atoms with E-state index < -0.39 is 31.9 Å². The maximum Gasteiger partial charge on any atom is 0.295 e. The van der Waals surface area contributed by atoms with Crippen molar-refractivity contribution in [3.8, 4) is 22.9 Å². The van der Waals surface area contributed by atoms with E-state index in [0.717, 1.165) is 11.3 Å². The number of primary amides is 1. The molecule has 0 saturated carbocycles. The maximum atomic E-state index is 12.7. The molecule has 3 heterocycles. The summed E-state index contributed by atoms with van der Waals surface area (Å²) in [7, 11) is -8.83. The van der Waals surface area contributed by atoms with Crippen molar-refractivity contribution < 1.29 is 45.7 Å². The molecule has 0 aliphatic carbocycles. The van der Waals surface area contributed by atoms with Crippen molar-refractivity contribution in [2.45, 2.75) is 31.8 Å². The first-order valence-electron chi connectivity index (χ1n) is 19.6. The minimum absolute atomic E-state index is 0.0201. The van der Waals surface area contributed by atoms with Gasteiger partial charge < -0.3 is 20.7 Å². The second-order valence-corrected chi connectivity index (χ2v) is 18.6. The number of thiazole rings is 1. The Kier molecular flexibility index (Phi) is 12.5. The smallest absolute Gasteiger partial charge is 0.295 e. The summed E-state index contributed by atoms with van der Waals surface area (Å²) in [4.78, 5) is 21.6. The van der Waals surface area contributed by atoms with Crippen LogP contribution >= 0.6 is 11.3 Å². The number of carbonyl (C=O) groups excluding carboxylic acids is 1. The Balaban J connectivity index is 1.17. The lowest BCUT2D eigenvalue weighted by Crippen LogP contribution is -2.15. The number of aromatic nitrogens is 3. The van der Waals surface area contributed by atoms with Crippen LogP contribution in [0.4, 0.5) is 32.9 Å². The third-order valence-electron chi connectivity index (χ3n) is 10.1. The number of aliphatic hydroxyl groups excluding tert-OH is 1. The number of aryl methyl sites for hydroxylation is 1. The molecule has 6 N–H and O–H groups in total. The third kappa shape index (κ3) is 9.51. The number of nitrogens with zero attached hydrogens (tertiary/aromatic N) is 9. The molecule has 8 rings (SSSR count). The number of hydrogen-bond acceptors (Lipinski definition) is 17. The number of aliphatic hydroxyl groups is 1. The fourth-order valence-corrected chi connectivity index (χ4v) is 8.88. The third-order valence-corrected chi connectivity index (χ3v) is 12.7. The molecule has 0 fully saturated rings. The molecule has 5 aromatic carbocycles. The number of pyridine rings is 1. The van der Waals surface area contributed by atoms with Gasteiger partial charge >= 0.3 is 0 Å². The summed E-state index contributed by atoms with van der Waals surface area (Å²) >= 11 is 1.03. The number of imidazole rings is 1. The fraction of sp³-hybridized carbons (Fsp3) is 0.140. The first-order chi connectivity index (χ1) is 31.5. The normalized spacial score (nSPS) is 12.5. The summed E-state index contributed by atoms with van der Waals surface area (Å²) < 4.78 is 73.5. The summed E-state index contributed by atoms with van der Waals surface area (Å²) in [5.41, 5.74) is 9.89. The van der Waals surface area contributed by atoms with Gasteiger partial charge in [0.2, 0.25) is 11.0 Å². The van der Waals surface area contributed by atoms with Gasteiger partial charge in [-0.25, -0.2) is 9.97 Å². The van der Waals surface area contributed by atoms with E-state index in [0.29, 0.717) is 43.8 Å². The van der Waals surface area contributed by atoms with Crippen LogP contribution in [0.2, 0.25) is 0 Å². The van der Waals surface area contributed by atoms with Gasteiger partial charge in [-0.3, -0.25) is 18.3 Å². The number of benzene rings is 5. The Morgan fingerprint density at radius 3 is 2.32 bits per heavy atom. The molecule has 20 nitrogen and oxygen atoms in total. The second-order valence-electron chi connectivity index (χ2n) is 14.6. The molecule has 0 aliphatic heterocycles. The summed E-state index contributed by atoms with van der Waals surface area (Å²) in [6.45, 7) is 2.89. The lowest BCUT2D eigenvalue weighted by molar-refractivity contribution is 0.100. The van der Waals surface area contributed by atoms with Crippen LogP contribution in [-0.4, -0.2) is 68.8 Å². The molecule has 0 aliphatic rings. The van der Waals surface area contributed by atoms with E-state index in [1.807, 2.05) is 0 Å². The summed E-state index contributed by atoms with van der Waals surface area (Å²) in [5, 5.41) is 48.7. The van der Waals surface area contributed by atoms with Gasteiger partial charge in [-0.2, -0.15) is 16.8 Å². The van der Waals surface area contributed by atoms with E-state index in [9.17, 15) is 40.9 Å². The Bertz CT molecular complexity index is 3550. The van der Waals surface area contributed by atoms with Crippen LogP contribution in [0.15, 0.2) is 133 Å². The SMILES string of the molecule is Cc1cc(N=Nc2c(C)c(C(N)=O)c3nc4ccccc4n3c2O)c(OCCCS(=O)(=O)O)cc1N=Nc1nc(-c2ccc(CO)cc2)c(N=Nc2ccc3cccc(S(=O)(=O)O)c3c2)s1. The van der Waals surface area contributed by atoms with Gasteiger partial charge in [0.15, 0.2) is 10.6 Å². The number of nitrogens with two attached hydrogens (primary N) is 1. The molecule has 336 valence electrons. The minimum Gasteiger partial charge on any atom is -0.493 e. The Hall–Kier alpha value is -7.41. The van der Waals surface area contributed by atoms with Crippen molar-refractivity contribution in [3.63, 3.8) is 0 Å². The molecule has 66 heavy (non-hydrogen) atoms. The van der Waals surface area contributed by atoms with E-state index in [1.54, 1.807) is 86.6 Å². The lowest BCUT2D eigenvalue weighted by Gasteiger charge is -2.12. The monoisotopic (exact) mass is 948 g/mol. The van der Waals surface area contributed by atoms with Gasteiger partial charge in [-0.1, -0.05) is 65.9 Å². The second kappa shape index (κ2) is 18.2. The maximum absolute atomic E-state index is 12.7. The minimum atomic E-state index is -4.54. The quantitative estimate of drug-likeness (QED) is 0.0364. The lowest BCUT2D eigenvalue weighted by atomic mass is 10.1. The number of fused-ring (bicyclic) bond motifs is 4. The number of azo groups is 3. The Morgan fingerprint density at radius 1 is 0.833 bits per heavy atom. The highest BCUT2D eigenvalue weighted by molar-refractivity contribution is 7.86. The number of hydrogen-bond donors (Lipinski definition) is 5. The molecule has 8 aromatic rings. The van der Waals surface area contributed by atoms with Crippen molar-refractivity contribution in [1.29, 1.82) is 0 Å².